The van der Waals surface area contributed by atoms with Crippen LogP contribution in [0.3, 0.4) is 0 Å². The van der Waals surface area contributed by atoms with Gasteiger partial charge in [0, 0.05) is 50.4 Å². The van der Waals surface area contributed by atoms with Gasteiger partial charge in [0.05, 0.1) is 5.69 Å². The molecule has 2 aliphatic heterocycles. The van der Waals surface area contributed by atoms with Gasteiger partial charge in [0.25, 0.3) is 5.91 Å². The van der Waals surface area contributed by atoms with Crippen molar-refractivity contribution in [2.45, 2.75) is 19.8 Å². The van der Waals surface area contributed by atoms with Crippen molar-refractivity contribution in [2.24, 2.45) is 0 Å². The topological polar surface area (TPSA) is 43.9 Å². The highest BCUT2D eigenvalue weighted by atomic mass is 19.1. The fourth-order valence-corrected chi connectivity index (χ4v) is 4.88. The molecule has 2 amide bonds. The van der Waals surface area contributed by atoms with Gasteiger partial charge in [-0.2, -0.15) is 0 Å². The molecular formula is C28H28FN3O2. The number of halogens is 1. The first-order valence-electron chi connectivity index (χ1n) is 11.9. The minimum absolute atomic E-state index is 0.00223. The maximum atomic E-state index is 14.1. The third kappa shape index (κ3) is 4.16. The summed E-state index contributed by atoms with van der Waals surface area (Å²) in [5.74, 6) is -0.0689. The molecule has 0 saturated carbocycles. The van der Waals surface area contributed by atoms with Crippen molar-refractivity contribution in [2.75, 3.05) is 42.5 Å². The Bertz CT molecular complexity index is 1220. The fourth-order valence-electron chi connectivity index (χ4n) is 4.88. The van der Waals surface area contributed by atoms with Gasteiger partial charge >= 0.3 is 0 Å². The zero-order valence-electron chi connectivity index (χ0n) is 19.3. The number of hydrogen-bond acceptors (Lipinski definition) is 3. The molecule has 2 heterocycles. The van der Waals surface area contributed by atoms with Crippen molar-refractivity contribution in [3.63, 3.8) is 0 Å². The second-order valence-corrected chi connectivity index (χ2v) is 8.80. The molecule has 3 aromatic carbocycles. The molecule has 1 saturated heterocycles. The molecule has 5 rings (SSSR count). The largest absolute Gasteiger partial charge is 0.366 e. The smallest absolute Gasteiger partial charge is 0.253 e. The van der Waals surface area contributed by atoms with Crippen LogP contribution in [0.2, 0.25) is 0 Å². The van der Waals surface area contributed by atoms with E-state index >= 15 is 0 Å². The second kappa shape index (κ2) is 9.29. The monoisotopic (exact) mass is 457 g/mol. The lowest BCUT2D eigenvalue weighted by molar-refractivity contribution is -0.118. The van der Waals surface area contributed by atoms with Crippen LogP contribution in [0.25, 0.3) is 11.1 Å². The number of fused-ring (bicyclic) bond motifs is 1. The van der Waals surface area contributed by atoms with E-state index in [1.165, 1.54) is 11.6 Å². The summed E-state index contributed by atoms with van der Waals surface area (Å²) < 4.78 is 14.1. The van der Waals surface area contributed by atoms with Gasteiger partial charge in [0.1, 0.15) is 5.82 Å². The molecule has 2 aliphatic rings. The van der Waals surface area contributed by atoms with E-state index in [9.17, 15) is 14.0 Å². The fraction of sp³-hybridized carbons (Fsp3) is 0.286. The normalized spacial score (nSPS) is 15.4. The molecule has 0 unspecified atom stereocenters. The number of rotatable bonds is 4. The molecule has 5 nitrogen and oxygen atoms in total. The zero-order valence-corrected chi connectivity index (χ0v) is 19.3. The maximum Gasteiger partial charge on any atom is 0.253 e. The summed E-state index contributed by atoms with van der Waals surface area (Å²) in [4.78, 5) is 30.9. The number of hydrogen-bond donors (Lipinski definition) is 0. The van der Waals surface area contributed by atoms with Crippen molar-refractivity contribution in [3.05, 3.63) is 83.7 Å². The number of carbonyl (C=O) groups is 2. The lowest BCUT2D eigenvalue weighted by Crippen LogP contribution is -2.49. The zero-order chi connectivity index (χ0) is 23.7. The van der Waals surface area contributed by atoms with Gasteiger partial charge in [-0.1, -0.05) is 37.3 Å². The molecule has 0 atom stereocenters. The molecule has 0 bridgehead atoms. The lowest BCUT2D eigenvalue weighted by atomic mass is 10.00. The molecular weight excluding hydrogens is 429 g/mol. The Morgan fingerprint density at radius 2 is 1.53 bits per heavy atom. The quantitative estimate of drug-likeness (QED) is 0.568. The van der Waals surface area contributed by atoms with Crippen LogP contribution in [-0.4, -0.2) is 49.4 Å². The first kappa shape index (κ1) is 22.1. The molecule has 0 aromatic heterocycles. The van der Waals surface area contributed by atoms with Crippen LogP contribution in [0.5, 0.6) is 0 Å². The van der Waals surface area contributed by atoms with Crippen LogP contribution < -0.4 is 9.80 Å². The van der Waals surface area contributed by atoms with Crippen molar-refractivity contribution in [1.82, 2.24) is 4.90 Å². The minimum atomic E-state index is -0.228. The third-order valence-electron chi connectivity index (χ3n) is 6.80. The Kier molecular flexibility index (Phi) is 6.05. The average molecular weight is 458 g/mol. The van der Waals surface area contributed by atoms with Crippen LogP contribution in [0.4, 0.5) is 15.8 Å². The highest BCUT2D eigenvalue weighted by Crippen LogP contribution is 2.33. The minimum Gasteiger partial charge on any atom is -0.366 e. The van der Waals surface area contributed by atoms with E-state index in [2.05, 4.69) is 6.07 Å². The molecule has 0 aliphatic carbocycles. The summed E-state index contributed by atoms with van der Waals surface area (Å²) in [6, 6.07) is 20.7. The molecule has 174 valence electrons. The summed E-state index contributed by atoms with van der Waals surface area (Å²) in [6.07, 6.45) is 1.37. The van der Waals surface area contributed by atoms with Gasteiger partial charge in [0.2, 0.25) is 5.91 Å². The van der Waals surface area contributed by atoms with E-state index in [4.69, 9.17) is 0 Å². The number of amides is 2. The Morgan fingerprint density at radius 3 is 2.24 bits per heavy atom. The number of piperazine rings is 1. The van der Waals surface area contributed by atoms with Gasteiger partial charge in [-0.15, -0.1) is 0 Å². The molecule has 0 spiro atoms. The number of anilines is 2. The van der Waals surface area contributed by atoms with Gasteiger partial charge in [-0.3, -0.25) is 9.59 Å². The summed E-state index contributed by atoms with van der Waals surface area (Å²) in [6.45, 7) is 4.97. The maximum absolute atomic E-state index is 14.1. The van der Waals surface area contributed by atoms with Gasteiger partial charge in [-0.05, 0) is 59.5 Å². The Hall–Kier alpha value is -3.67. The number of para-hydroxylation sites is 1. The van der Waals surface area contributed by atoms with E-state index in [-0.39, 0.29) is 17.6 Å². The SMILES string of the molecule is CCC(=O)N1CCc2cc(-c3ccc(C(=O)N4CCN(c5ccccc5F)CC4)cc3)ccc21. The van der Waals surface area contributed by atoms with Gasteiger partial charge in [-0.25, -0.2) is 4.39 Å². The van der Waals surface area contributed by atoms with Crippen molar-refractivity contribution in [3.8, 4) is 11.1 Å². The van der Waals surface area contributed by atoms with Crippen molar-refractivity contribution >= 4 is 23.2 Å². The van der Waals surface area contributed by atoms with Crippen molar-refractivity contribution in [1.29, 1.82) is 0 Å². The molecule has 0 N–H and O–H groups in total. The summed E-state index contributed by atoms with van der Waals surface area (Å²) in [5, 5.41) is 0. The number of nitrogens with zero attached hydrogens (tertiary/aromatic N) is 3. The molecule has 0 radical (unpaired) electrons. The highest BCUT2D eigenvalue weighted by Gasteiger charge is 2.25. The van der Waals surface area contributed by atoms with Crippen LogP contribution >= 0.6 is 0 Å². The van der Waals surface area contributed by atoms with Crippen LogP contribution in [-0.2, 0) is 11.2 Å². The first-order chi connectivity index (χ1) is 16.5. The standard InChI is InChI=1S/C28H28FN3O2/c1-2-27(33)32-14-13-23-19-22(11-12-25(23)32)20-7-9-21(10-8-20)28(34)31-17-15-30(16-18-31)26-6-4-3-5-24(26)29/h3-12,19H,2,13-18H2,1H3. The predicted molar refractivity (Wildman–Crippen MR) is 133 cm³/mol. The predicted octanol–water partition coefficient (Wildman–Crippen LogP) is 4.75. The van der Waals surface area contributed by atoms with Crippen molar-refractivity contribution < 1.29 is 14.0 Å². The molecule has 6 heteroatoms. The van der Waals surface area contributed by atoms with Crippen LogP contribution in [0.1, 0.15) is 29.3 Å². The van der Waals surface area contributed by atoms with E-state index in [1.807, 2.05) is 64.1 Å². The van der Waals surface area contributed by atoms with E-state index < -0.39 is 0 Å². The summed E-state index contributed by atoms with van der Waals surface area (Å²) in [7, 11) is 0. The molecule has 34 heavy (non-hydrogen) atoms. The highest BCUT2D eigenvalue weighted by molar-refractivity contribution is 5.96. The van der Waals surface area contributed by atoms with E-state index in [0.29, 0.717) is 43.9 Å². The summed E-state index contributed by atoms with van der Waals surface area (Å²) >= 11 is 0. The number of benzene rings is 3. The lowest BCUT2D eigenvalue weighted by Gasteiger charge is -2.36. The summed E-state index contributed by atoms with van der Waals surface area (Å²) in [5.41, 5.74) is 5.58. The van der Waals surface area contributed by atoms with Crippen LogP contribution in [0.15, 0.2) is 66.7 Å². The first-order valence-corrected chi connectivity index (χ1v) is 11.9. The second-order valence-electron chi connectivity index (χ2n) is 8.80. The number of carbonyl (C=O) groups excluding carboxylic acids is 2. The van der Waals surface area contributed by atoms with E-state index in [0.717, 1.165) is 29.8 Å². The molecule has 3 aromatic rings. The molecule has 1 fully saturated rings. The Morgan fingerprint density at radius 1 is 0.824 bits per heavy atom. The van der Waals surface area contributed by atoms with Crippen LogP contribution in [0, 0.1) is 5.82 Å². The third-order valence-corrected chi connectivity index (χ3v) is 6.80. The average Bonchev–Trinajstić information content (AvgIpc) is 3.32. The van der Waals surface area contributed by atoms with E-state index in [1.54, 1.807) is 12.1 Å². The Labute approximate surface area is 199 Å². The van der Waals surface area contributed by atoms with Gasteiger partial charge < -0.3 is 14.7 Å². The van der Waals surface area contributed by atoms with Gasteiger partial charge in [0.15, 0.2) is 0 Å². The Balaban J connectivity index is 1.25.